The fraction of sp³-hybridized carbons (Fsp3) is 0.409. The summed E-state index contributed by atoms with van der Waals surface area (Å²) in [6, 6.07) is 8.14. The maximum atomic E-state index is 12.5. The number of hydrogen-bond donors (Lipinski definition) is 2. The average Bonchev–Trinajstić information content (AvgIpc) is 3.01. The number of carbonyl (C=O) groups is 3. The molecule has 0 atom stereocenters. The zero-order valence-corrected chi connectivity index (χ0v) is 19.8. The highest BCUT2D eigenvalue weighted by atomic mass is 32.2. The summed E-state index contributed by atoms with van der Waals surface area (Å²) >= 11 is 2.48. The molecule has 0 saturated heterocycles. The van der Waals surface area contributed by atoms with Gasteiger partial charge >= 0.3 is 5.97 Å². The van der Waals surface area contributed by atoms with Crippen molar-refractivity contribution in [3.63, 3.8) is 0 Å². The van der Waals surface area contributed by atoms with Gasteiger partial charge in [-0.25, -0.2) is 4.79 Å². The van der Waals surface area contributed by atoms with Gasteiger partial charge in [0.25, 0.3) is 5.91 Å². The molecule has 0 spiro atoms. The number of nitrogens with one attached hydrogen (secondary N) is 2. The minimum atomic E-state index is -0.554. The van der Waals surface area contributed by atoms with Crippen LogP contribution in [0.25, 0.3) is 0 Å². The lowest BCUT2D eigenvalue weighted by Gasteiger charge is -2.19. The van der Waals surface area contributed by atoms with Crippen molar-refractivity contribution >= 4 is 45.9 Å². The number of benzene rings is 1. The maximum Gasteiger partial charge on any atom is 0.341 e. The molecule has 0 bridgehead atoms. The van der Waals surface area contributed by atoms with Crippen molar-refractivity contribution in [3.8, 4) is 0 Å². The van der Waals surface area contributed by atoms with Gasteiger partial charge in [0.1, 0.15) is 5.00 Å². The first-order valence-corrected chi connectivity index (χ1v) is 11.4. The second kappa shape index (κ2) is 10.1. The van der Waals surface area contributed by atoms with Crippen LogP contribution in [-0.4, -0.2) is 37.2 Å². The predicted octanol–water partition coefficient (Wildman–Crippen LogP) is 4.62. The van der Waals surface area contributed by atoms with Gasteiger partial charge in [-0.1, -0.05) is 32.9 Å². The number of rotatable bonds is 7. The Morgan fingerprint density at radius 2 is 1.77 bits per heavy atom. The Hall–Kier alpha value is -2.32. The highest BCUT2D eigenvalue weighted by Crippen LogP contribution is 2.34. The molecule has 162 valence electrons. The third-order valence-electron chi connectivity index (χ3n) is 4.40. The molecule has 0 aliphatic rings. The lowest BCUT2D eigenvalue weighted by molar-refractivity contribution is -0.113. The standard InChI is InChI=1S/C22H28N2O4S2/c1-7-28-21(27)17-13(2)18(19(26)23-6)30-20(17)24-16(25)12-29-15-10-8-14(9-11-15)22(3,4)5/h8-11H,7,12H2,1-6H3,(H,23,26)(H,24,25). The number of carbonyl (C=O) groups excluding carboxylic acids is 3. The van der Waals surface area contributed by atoms with Gasteiger partial charge in [0.05, 0.1) is 22.8 Å². The van der Waals surface area contributed by atoms with Crippen molar-refractivity contribution in [1.82, 2.24) is 5.32 Å². The van der Waals surface area contributed by atoms with Crippen molar-refractivity contribution in [3.05, 3.63) is 45.8 Å². The van der Waals surface area contributed by atoms with Gasteiger partial charge in [-0.3, -0.25) is 9.59 Å². The Morgan fingerprint density at radius 1 is 1.13 bits per heavy atom. The van der Waals surface area contributed by atoms with Gasteiger partial charge in [0.15, 0.2) is 0 Å². The zero-order chi connectivity index (χ0) is 22.5. The molecular formula is C22H28N2O4S2. The molecule has 6 nitrogen and oxygen atoms in total. The number of thioether (sulfide) groups is 1. The number of ether oxygens (including phenoxy) is 1. The van der Waals surface area contributed by atoms with Crippen LogP contribution in [0.4, 0.5) is 5.00 Å². The molecule has 1 aromatic heterocycles. The Kier molecular flexibility index (Phi) is 8.09. The van der Waals surface area contributed by atoms with Crippen LogP contribution in [-0.2, 0) is 14.9 Å². The molecule has 2 amide bonds. The third kappa shape index (κ3) is 5.86. The lowest BCUT2D eigenvalue weighted by atomic mass is 9.87. The van der Waals surface area contributed by atoms with E-state index in [1.54, 1.807) is 13.8 Å². The smallest absolute Gasteiger partial charge is 0.341 e. The third-order valence-corrected chi connectivity index (χ3v) is 6.62. The molecule has 30 heavy (non-hydrogen) atoms. The van der Waals surface area contributed by atoms with E-state index in [1.165, 1.54) is 24.4 Å². The molecule has 0 fully saturated rings. The minimum Gasteiger partial charge on any atom is -0.462 e. The Bertz CT molecular complexity index is 928. The topological polar surface area (TPSA) is 84.5 Å². The van der Waals surface area contributed by atoms with Crippen molar-refractivity contribution in [2.75, 3.05) is 24.7 Å². The van der Waals surface area contributed by atoms with Gasteiger partial charge in [0, 0.05) is 11.9 Å². The van der Waals surface area contributed by atoms with Gasteiger partial charge < -0.3 is 15.4 Å². The van der Waals surface area contributed by atoms with Gasteiger partial charge in [-0.05, 0) is 42.5 Å². The molecule has 2 rings (SSSR count). The van der Waals surface area contributed by atoms with Crippen molar-refractivity contribution in [2.24, 2.45) is 0 Å². The summed E-state index contributed by atoms with van der Waals surface area (Å²) in [6.07, 6.45) is 0. The lowest BCUT2D eigenvalue weighted by Crippen LogP contribution is -2.18. The van der Waals surface area contributed by atoms with E-state index in [1.807, 2.05) is 12.1 Å². The molecule has 2 N–H and O–H groups in total. The highest BCUT2D eigenvalue weighted by Gasteiger charge is 2.26. The van der Waals surface area contributed by atoms with Crippen molar-refractivity contribution in [2.45, 2.75) is 44.9 Å². The molecule has 0 aliphatic heterocycles. The SMILES string of the molecule is CCOC(=O)c1c(NC(=O)CSc2ccc(C(C)(C)C)cc2)sc(C(=O)NC)c1C. The fourth-order valence-corrected chi connectivity index (χ4v) is 4.60. The van der Waals surface area contributed by atoms with E-state index < -0.39 is 5.97 Å². The van der Waals surface area contributed by atoms with Crippen LogP contribution in [0.5, 0.6) is 0 Å². The maximum absolute atomic E-state index is 12.5. The van der Waals surface area contributed by atoms with E-state index in [2.05, 4.69) is 43.5 Å². The largest absolute Gasteiger partial charge is 0.462 e. The summed E-state index contributed by atoms with van der Waals surface area (Å²) in [7, 11) is 1.52. The number of thiophene rings is 1. The van der Waals surface area contributed by atoms with E-state index in [-0.39, 0.29) is 35.2 Å². The summed E-state index contributed by atoms with van der Waals surface area (Å²) in [5.41, 5.74) is 2.03. The monoisotopic (exact) mass is 448 g/mol. The first kappa shape index (κ1) is 24.0. The predicted molar refractivity (Wildman–Crippen MR) is 123 cm³/mol. The molecule has 0 saturated carbocycles. The number of amides is 2. The number of anilines is 1. The Balaban J connectivity index is 2.13. The van der Waals surface area contributed by atoms with Gasteiger partial charge in [0.2, 0.25) is 5.91 Å². The van der Waals surface area contributed by atoms with E-state index in [9.17, 15) is 14.4 Å². The summed E-state index contributed by atoms with van der Waals surface area (Å²) in [5, 5.41) is 5.66. The van der Waals surface area contributed by atoms with Crippen LogP contribution in [0.2, 0.25) is 0 Å². The van der Waals surface area contributed by atoms with Crippen LogP contribution >= 0.6 is 23.1 Å². The quantitative estimate of drug-likeness (QED) is 0.477. The van der Waals surface area contributed by atoms with Crippen LogP contribution in [0, 0.1) is 6.92 Å². The van der Waals surface area contributed by atoms with Crippen LogP contribution in [0.1, 0.15) is 58.9 Å². The molecule has 0 aliphatic carbocycles. The van der Waals surface area contributed by atoms with Crippen LogP contribution in [0.3, 0.4) is 0 Å². The summed E-state index contributed by atoms with van der Waals surface area (Å²) in [6.45, 7) is 10.0. The summed E-state index contributed by atoms with van der Waals surface area (Å²) in [5.74, 6) is -0.933. The van der Waals surface area contributed by atoms with E-state index in [0.717, 1.165) is 16.2 Å². The first-order chi connectivity index (χ1) is 14.1. The second-order valence-corrected chi connectivity index (χ2v) is 9.74. The Labute approximate surface area is 185 Å². The second-order valence-electron chi connectivity index (χ2n) is 7.67. The van der Waals surface area contributed by atoms with Gasteiger partial charge in [-0.15, -0.1) is 23.1 Å². The fourth-order valence-electron chi connectivity index (χ4n) is 2.74. The molecule has 8 heteroatoms. The van der Waals surface area contributed by atoms with Crippen LogP contribution in [0.15, 0.2) is 29.2 Å². The molecule has 1 aromatic carbocycles. The summed E-state index contributed by atoms with van der Waals surface area (Å²) in [4.78, 5) is 38.4. The molecule has 1 heterocycles. The molecule has 0 radical (unpaired) electrons. The average molecular weight is 449 g/mol. The summed E-state index contributed by atoms with van der Waals surface area (Å²) < 4.78 is 5.11. The first-order valence-electron chi connectivity index (χ1n) is 9.64. The highest BCUT2D eigenvalue weighted by molar-refractivity contribution is 8.00. The van der Waals surface area contributed by atoms with E-state index >= 15 is 0 Å². The van der Waals surface area contributed by atoms with Crippen LogP contribution < -0.4 is 10.6 Å². The van der Waals surface area contributed by atoms with Crippen molar-refractivity contribution < 1.29 is 19.1 Å². The Morgan fingerprint density at radius 3 is 2.30 bits per heavy atom. The molecular weight excluding hydrogens is 420 g/mol. The van der Waals surface area contributed by atoms with E-state index in [4.69, 9.17) is 4.74 Å². The number of hydrogen-bond acceptors (Lipinski definition) is 6. The van der Waals surface area contributed by atoms with Gasteiger partial charge in [-0.2, -0.15) is 0 Å². The van der Waals surface area contributed by atoms with E-state index in [0.29, 0.717) is 15.4 Å². The number of esters is 1. The van der Waals surface area contributed by atoms with Crippen molar-refractivity contribution in [1.29, 1.82) is 0 Å². The molecule has 2 aromatic rings. The minimum absolute atomic E-state index is 0.0730. The normalized spacial score (nSPS) is 11.1. The zero-order valence-electron chi connectivity index (χ0n) is 18.2. The molecule has 0 unspecified atom stereocenters.